The highest BCUT2D eigenvalue weighted by atomic mass is 35.5. The summed E-state index contributed by atoms with van der Waals surface area (Å²) >= 11 is 17.0. The van der Waals surface area contributed by atoms with Gasteiger partial charge in [-0.15, -0.1) is 11.6 Å². The normalized spacial score (nSPS) is 15.2. The summed E-state index contributed by atoms with van der Waals surface area (Å²) in [6, 6.07) is 0. The van der Waals surface area contributed by atoms with Crippen LogP contribution in [0.25, 0.3) is 0 Å². The molecule has 0 aromatic carbocycles. The number of hydrogen-bond acceptors (Lipinski definition) is 3. The van der Waals surface area contributed by atoms with E-state index in [1.165, 1.54) is 0 Å². The van der Waals surface area contributed by atoms with Crippen molar-refractivity contribution < 1.29 is 15.3 Å². The molecular formula is C10H19Cl3O3. The molecule has 1 unspecified atom stereocenters. The molecule has 0 aliphatic carbocycles. The van der Waals surface area contributed by atoms with Crippen LogP contribution in [0.3, 0.4) is 0 Å². The summed E-state index contributed by atoms with van der Waals surface area (Å²) in [7, 11) is 0. The van der Waals surface area contributed by atoms with Crippen molar-refractivity contribution in [1.82, 2.24) is 0 Å². The number of aliphatic hydroxyl groups is 3. The summed E-state index contributed by atoms with van der Waals surface area (Å²) in [4.78, 5) is 0. The first-order valence-corrected chi connectivity index (χ1v) is 6.61. The van der Waals surface area contributed by atoms with Gasteiger partial charge in [0.15, 0.2) is 0 Å². The lowest BCUT2D eigenvalue weighted by Crippen LogP contribution is -2.51. The fourth-order valence-corrected chi connectivity index (χ4v) is 1.84. The van der Waals surface area contributed by atoms with E-state index in [-0.39, 0.29) is 0 Å². The van der Waals surface area contributed by atoms with Gasteiger partial charge in [0, 0.05) is 0 Å². The maximum Gasteiger partial charge on any atom is 0.311 e. The molecule has 0 amide bonds. The molecule has 1 atom stereocenters. The molecule has 0 aliphatic heterocycles. The average Bonchev–Trinajstić information content (AvgIpc) is 2.15. The summed E-state index contributed by atoms with van der Waals surface area (Å²) in [5, 5.41) is 25.8. The molecule has 0 saturated carbocycles. The second-order valence-corrected chi connectivity index (χ2v) is 5.84. The zero-order valence-electron chi connectivity index (χ0n) is 9.30. The van der Waals surface area contributed by atoms with E-state index in [4.69, 9.17) is 50.1 Å². The van der Waals surface area contributed by atoms with E-state index in [0.29, 0.717) is 6.42 Å². The predicted octanol–water partition coefficient (Wildman–Crippen LogP) is 2.76. The van der Waals surface area contributed by atoms with Gasteiger partial charge >= 0.3 is 5.97 Å². The molecule has 0 spiro atoms. The van der Waals surface area contributed by atoms with Gasteiger partial charge in [-0.2, -0.15) is 0 Å². The first-order chi connectivity index (χ1) is 7.23. The third-order valence-electron chi connectivity index (χ3n) is 2.40. The van der Waals surface area contributed by atoms with Crippen LogP contribution in [0.4, 0.5) is 0 Å². The maximum atomic E-state index is 8.92. The zero-order chi connectivity index (χ0) is 12.8. The molecule has 0 rings (SSSR count). The predicted molar refractivity (Wildman–Crippen MR) is 66.8 cm³/mol. The number of rotatable bonds is 8. The fourth-order valence-electron chi connectivity index (χ4n) is 1.32. The van der Waals surface area contributed by atoms with Crippen molar-refractivity contribution in [2.45, 2.75) is 61.1 Å². The van der Waals surface area contributed by atoms with Crippen LogP contribution in [-0.4, -0.2) is 31.0 Å². The van der Waals surface area contributed by atoms with Gasteiger partial charge in [0.2, 0.25) is 4.33 Å². The minimum atomic E-state index is -3.19. The molecule has 3 N–H and O–H groups in total. The van der Waals surface area contributed by atoms with Crippen LogP contribution >= 0.6 is 34.8 Å². The van der Waals surface area contributed by atoms with Crippen molar-refractivity contribution in [3.8, 4) is 0 Å². The maximum absolute atomic E-state index is 8.92. The Morgan fingerprint density at radius 3 is 1.94 bits per heavy atom. The van der Waals surface area contributed by atoms with Crippen LogP contribution in [-0.2, 0) is 0 Å². The van der Waals surface area contributed by atoms with Crippen molar-refractivity contribution in [3.63, 3.8) is 0 Å². The Bertz CT molecular complexity index is 192. The largest absolute Gasteiger partial charge is 0.341 e. The van der Waals surface area contributed by atoms with E-state index >= 15 is 0 Å². The van der Waals surface area contributed by atoms with Gasteiger partial charge in [0.1, 0.15) is 0 Å². The van der Waals surface area contributed by atoms with Gasteiger partial charge in [0.25, 0.3) is 0 Å². The summed E-state index contributed by atoms with van der Waals surface area (Å²) in [5.41, 5.74) is 0. The first kappa shape index (κ1) is 16.8. The minimum Gasteiger partial charge on any atom is -0.341 e. The van der Waals surface area contributed by atoms with Crippen molar-refractivity contribution >= 4 is 34.8 Å². The summed E-state index contributed by atoms with van der Waals surface area (Å²) in [5.74, 6) is -3.19. The van der Waals surface area contributed by atoms with Gasteiger partial charge in [-0.25, -0.2) is 0 Å². The molecule has 0 fully saturated rings. The Labute approximate surface area is 111 Å². The first-order valence-electron chi connectivity index (χ1n) is 5.42. The van der Waals surface area contributed by atoms with Crippen molar-refractivity contribution in [3.05, 3.63) is 0 Å². The highest BCUT2D eigenvalue weighted by Crippen LogP contribution is 2.39. The molecule has 0 aromatic rings. The van der Waals surface area contributed by atoms with Crippen LogP contribution in [0.1, 0.15) is 45.4 Å². The Hall–Kier alpha value is 0.750. The average molecular weight is 294 g/mol. The Morgan fingerprint density at radius 2 is 1.50 bits per heavy atom. The van der Waals surface area contributed by atoms with E-state index in [2.05, 4.69) is 6.92 Å². The Balaban J connectivity index is 3.92. The lowest BCUT2D eigenvalue weighted by atomic mass is 10.1. The summed E-state index contributed by atoms with van der Waals surface area (Å²) < 4.78 is -2.18. The van der Waals surface area contributed by atoms with Gasteiger partial charge in [0.05, 0.1) is 5.38 Å². The standard InChI is InChI=1S/C10H19Cl3O3/c1-2-3-4-5-6-7-8(11)9(12,13)10(14,15)16/h8,14-16H,2-7H2,1H3. The third kappa shape index (κ3) is 5.39. The fraction of sp³-hybridized carbons (Fsp3) is 1.00. The van der Waals surface area contributed by atoms with E-state index in [9.17, 15) is 0 Å². The zero-order valence-corrected chi connectivity index (χ0v) is 11.6. The summed E-state index contributed by atoms with van der Waals surface area (Å²) in [6.07, 6.45) is 5.58. The Morgan fingerprint density at radius 1 is 1.00 bits per heavy atom. The van der Waals surface area contributed by atoms with Gasteiger partial charge in [-0.3, -0.25) is 0 Å². The van der Waals surface area contributed by atoms with Crippen LogP contribution in [0, 0.1) is 0 Å². The lowest BCUT2D eigenvalue weighted by molar-refractivity contribution is -0.319. The molecule has 0 aliphatic rings. The second-order valence-electron chi connectivity index (χ2n) is 3.93. The van der Waals surface area contributed by atoms with Gasteiger partial charge in [-0.05, 0) is 6.42 Å². The molecule has 0 heterocycles. The van der Waals surface area contributed by atoms with Gasteiger partial charge < -0.3 is 15.3 Å². The van der Waals surface area contributed by atoms with E-state index in [1.807, 2.05) is 0 Å². The van der Waals surface area contributed by atoms with Crippen LogP contribution in [0.2, 0.25) is 0 Å². The van der Waals surface area contributed by atoms with Gasteiger partial charge in [-0.1, -0.05) is 62.2 Å². The van der Waals surface area contributed by atoms with Crippen molar-refractivity contribution in [2.24, 2.45) is 0 Å². The highest BCUT2D eigenvalue weighted by Gasteiger charge is 2.51. The summed E-state index contributed by atoms with van der Waals surface area (Å²) in [6.45, 7) is 2.12. The highest BCUT2D eigenvalue weighted by molar-refractivity contribution is 6.52. The number of alkyl halides is 3. The molecule has 0 bridgehead atoms. The van der Waals surface area contributed by atoms with Crippen molar-refractivity contribution in [2.75, 3.05) is 0 Å². The topological polar surface area (TPSA) is 60.7 Å². The quantitative estimate of drug-likeness (QED) is 0.366. The third-order valence-corrected chi connectivity index (χ3v) is 4.20. The molecule has 3 nitrogen and oxygen atoms in total. The Kier molecular flexibility index (Phi) is 7.58. The molecule has 0 saturated heterocycles. The number of hydrogen-bond donors (Lipinski definition) is 3. The lowest BCUT2D eigenvalue weighted by Gasteiger charge is -2.32. The molecule has 16 heavy (non-hydrogen) atoms. The monoisotopic (exact) mass is 292 g/mol. The second kappa shape index (κ2) is 7.24. The molecular weight excluding hydrogens is 274 g/mol. The molecule has 98 valence electrons. The number of unbranched alkanes of at least 4 members (excludes halogenated alkanes) is 4. The SMILES string of the molecule is CCCCCCCC(Cl)C(Cl)(Cl)C(O)(O)O. The van der Waals surface area contributed by atoms with E-state index in [0.717, 1.165) is 32.1 Å². The van der Waals surface area contributed by atoms with Crippen LogP contribution in [0.15, 0.2) is 0 Å². The minimum absolute atomic E-state index is 0.418. The molecule has 6 heteroatoms. The van der Waals surface area contributed by atoms with Crippen LogP contribution < -0.4 is 0 Å². The van der Waals surface area contributed by atoms with Crippen molar-refractivity contribution in [1.29, 1.82) is 0 Å². The number of halogens is 3. The molecule has 0 aromatic heterocycles. The molecule has 0 radical (unpaired) electrons. The van der Waals surface area contributed by atoms with E-state index < -0.39 is 15.7 Å². The van der Waals surface area contributed by atoms with E-state index in [1.54, 1.807) is 0 Å². The smallest absolute Gasteiger partial charge is 0.311 e. The van der Waals surface area contributed by atoms with Crippen LogP contribution in [0.5, 0.6) is 0 Å².